The van der Waals surface area contributed by atoms with Crippen LogP contribution in [0.5, 0.6) is 5.75 Å². The molecule has 1 amide bonds. The largest absolute Gasteiger partial charge is 0.497 e. The number of carbonyl (C=O) groups is 1. The predicted molar refractivity (Wildman–Crippen MR) is 126 cm³/mol. The summed E-state index contributed by atoms with van der Waals surface area (Å²) in [7, 11) is -1.89. The van der Waals surface area contributed by atoms with Gasteiger partial charge in [0.2, 0.25) is 15.9 Å². The molecule has 1 atom stereocenters. The zero-order valence-corrected chi connectivity index (χ0v) is 18.8. The fraction of sp³-hybridized carbons (Fsp3) is 0.160. The number of benzene rings is 3. The summed E-state index contributed by atoms with van der Waals surface area (Å²) in [5.74, 6) is 0.477. The van der Waals surface area contributed by atoms with Crippen molar-refractivity contribution in [3.8, 4) is 5.75 Å². The van der Waals surface area contributed by atoms with Gasteiger partial charge in [-0.1, -0.05) is 61.5 Å². The molecule has 3 rings (SSSR count). The van der Waals surface area contributed by atoms with Gasteiger partial charge in [-0.25, -0.2) is 13.1 Å². The first-order chi connectivity index (χ1) is 15.4. The van der Waals surface area contributed by atoms with Gasteiger partial charge in [-0.15, -0.1) is 0 Å². The molecule has 0 radical (unpaired) electrons. The lowest BCUT2D eigenvalue weighted by Crippen LogP contribution is -2.27. The van der Waals surface area contributed by atoms with Crippen LogP contribution in [0.1, 0.15) is 29.7 Å². The average Bonchev–Trinajstić information content (AvgIpc) is 2.82. The summed E-state index contributed by atoms with van der Waals surface area (Å²) in [6, 6.07) is 23.3. The van der Waals surface area contributed by atoms with Crippen molar-refractivity contribution in [2.75, 3.05) is 13.7 Å². The maximum Gasteiger partial charge on any atom is 0.244 e. The normalized spacial score (nSPS) is 12.4. The number of rotatable bonds is 9. The van der Waals surface area contributed by atoms with Gasteiger partial charge in [0, 0.05) is 12.6 Å². The Labute approximate surface area is 189 Å². The summed E-state index contributed by atoms with van der Waals surface area (Å²) in [4.78, 5) is 12.9. The molecule has 0 spiro atoms. The van der Waals surface area contributed by atoms with E-state index in [2.05, 4.69) is 10.0 Å². The highest BCUT2D eigenvalue weighted by Gasteiger charge is 2.16. The Kier molecular flexibility index (Phi) is 7.81. The van der Waals surface area contributed by atoms with Crippen molar-refractivity contribution in [2.45, 2.75) is 17.9 Å². The SMILES string of the molecule is CCNS(=O)(=O)c1ccc(/C=C/C(=O)NC(c2ccccc2)c2ccc(OC)cc2)cc1. The molecular formula is C25H26N2O4S. The van der Waals surface area contributed by atoms with Crippen LogP contribution in [0.4, 0.5) is 0 Å². The predicted octanol–water partition coefficient (Wildman–Crippen LogP) is 3.91. The molecule has 0 aromatic heterocycles. The van der Waals surface area contributed by atoms with E-state index in [1.807, 2.05) is 54.6 Å². The Morgan fingerprint density at radius 3 is 2.16 bits per heavy atom. The molecule has 0 aliphatic rings. The Balaban J connectivity index is 1.75. The number of methoxy groups -OCH3 is 1. The number of hydrogen-bond donors (Lipinski definition) is 2. The molecule has 2 N–H and O–H groups in total. The Hall–Kier alpha value is -3.42. The molecule has 166 valence electrons. The summed E-state index contributed by atoms with van der Waals surface area (Å²) in [6.07, 6.45) is 3.09. The van der Waals surface area contributed by atoms with E-state index in [0.717, 1.165) is 22.4 Å². The Morgan fingerprint density at radius 1 is 0.938 bits per heavy atom. The van der Waals surface area contributed by atoms with Crippen LogP contribution in [0, 0.1) is 0 Å². The molecule has 1 unspecified atom stereocenters. The van der Waals surface area contributed by atoms with Crippen molar-refractivity contribution >= 4 is 22.0 Å². The lowest BCUT2D eigenvalue weighted by Gasteiger charge is -2.19. The Bertz CT molecular complexity index is 1160. The van der Waals surface area contributed by atoms with E-state index in [4.69, 9.17) is 4.74 Å². The van der Waals surface area contributed by atoms with Gasteiger partial charge in [0.25, 0.3) is 0 Å². The van der Waals surface area contributed by atoms with Crippen molar-refractivity contribution < 1.29 is 17.9 Å². The van der Waals surface area contributed by atoms with Gasteiger partial charge in [-0.05, 0) is 47.0 Å². The first-order valence-electron chi connectivity index (χ1n) is 10.2. The number of hydrogen-bond acceptors (Lipinski definition) is 4. The topological polar surface area (TPSA) is 84.5 Å². The first-order valence-corrected chi connectivity index (χ1v) is 11.7. The quantitative estimate of drug-likeness (QED) is 0.484. The van der Waals surface area contributed by atoms with E-state index in [1.54, 1.807) is 32.2 Å². The van der Waals surface area contributed by atoms with Crippen LogP contribution in [-0.4, -0.2) is 28.0 Å². The van der Waals surface area contributed by atoms with Gasteiger partial charge in [0.1, 0.15) is 5.75 Å². The minimum Gasteiger partial charge on any atom is -0.497 e. The molecule has 0 aliphatic carbocycles. The third-order valence-corrected chi connectivity index (χ3v) is 6.38. The fourth-order valence-electron chi connectivity index (χ4n) is 3.19. The average molecular weight is 451 g/mol. The number of nitrogens with one attached hydrogen (secondary N) is 2. The second-order valence-electron chi connectivity index (χ2n) is 7.03. The van der Waals surface area contributed by atoms with Crippen molar-refractivity contribution in [3.63, 3.8) is 0 Å². The first kappa shape index (κ1) is 23.2. The molecule has 6 nitrogen and oxygen atoms in total. The van der Waals surface area contributed by atoms with Crippen LogP contribution in [0.3, 0.4) is 0 Å². The summed E-state index contributed by atoms with van der Waals surface area (Å²) in [6.45, 7) is 2.04. The van der Waals surface area contributed by atoms with Crippen LogP contribution in [0.15, 0.2) is 89.8 Å². The molecule has 0 aliphatic heterocycles. The minimum atomic E-state index is -3.50. The van der Waals surface area contributed by atoms with Crippen molar-refractivity contribution in [1.82, 2.24) is 10.0 Å². The molecule has 7 heteroatoms. The summed E-state index contributed by atoms with van der Waals surface area (Å²) >= 11 is 0. The number of carbonyl (C=O) groups excluding carboxylic acids is 1. The van der Waals surface area contributed by atoms with Crippen LogP contribution >= 0.6 is 0 Å². The number of ether oxygens (including phenoxy) is 1. The van der Waals surface area contributed by atoms with Crippen LogP contribution in [-0.2, 0) is 14.8 Å². The molecule has 0 saturated carbocycles. The van der Waals surface area contributed by atoms with Gasteiger partial charge in [0.15, 0.2) is 0 Å². The van der Waals surface area contributed by atoms with Gasteiger partial charge in [-0.3, -0.25) is 4.79 Å². The molecule has 0 heterocycles. The minimum absolute atomic E-state index is 0.185. The highest BCUT2D eigenvalue weighted by atomic mass is 32.2. The van der Waals surface area contributed by atoms with E-state index >= 15 is 0 Å². The van der Waals surface area contributed by atoms with Gasteiger partial charge < -0.3 is 10.1 Å². The summed E-state index contributed by atoms with van der Waals surface area (Å²) in [5, 5.41) is 3.04. The van der Waals surface area contributed by atoms with E-state index < -0.39 is 10.0 Å². The molecule has 3 aromatic carbocycles. The molecule has 0 saturated heterocycles. The second-order valence-corrected chi connectivity index (χ2v) is 8.80. The Morgan fingerprint density at radius 2 is 1.56 bits per heavy atom. The molecule has 32 heavy (non-hydrogen) atoms. The molecule has 0 bridgehead atoms. The van der Waals surface area contributed by atoms with Gasteiger partial charge in [0.05, 0.1) is 18.0 Å². The van der Waals surface area contributed by atoms with E-state index in [1.165, 1.54) is 18.2 Å². The molecule has 3 aromatic rings. The van der Waals surface area contributed by atoms with E-state index in [-0.39, 0.29) is 16.8 Å². The lowest BCUT2D eigenvalue weighted by molar-refractivity contribution is -0.116. The zero-order valence-electron chi connectivity index (χ0n) is 18.0. The van der Waals surface area contributed by atoms with Crippen molar-refractivity contribution in [1.29, 1.82) is 0 Å². The fourth-order valence-corrected chi connectivity index (χ4v) is 4.24. The maximum absolute atomic E-state index is 12.7. The van der Waals surface area contributed by atoms with E-state index in [0.29, 0.717) is 6.54 Å². The van der Waals surface area contributed by atoms with Crippen molar-refractivity contribution in [3.05, 3.63) is 102 Å². The lowest BCUT2D eigenvalue weighted by atomic mass is 9.98. The van der Waals surface area contributed by atoms with Crippen LogP contribution < -0.4 is 14.8 Å². The highest BCUT2D eigenvalue weighted by Crippen LogP contribution is 2.24. The van der Waals surface area contributed by atoms with E-state index in [9.17, 15) is 13.2 Å². The van der Waals surface area contributed by atoms with Crippen LogP contribution in [0.2, 0.25) is 0 Å². The van der Waals surface area contributed by atoms with Gasteiger partial charge in [-0.2, -0.15) is 0 Å². The standard InChI is InChI=1S/C25H26N2O4S/c1-3-26-32(29,30)23-16-9-19(10-17-23)11-18-24(28)27-25(20-7-5-4-6-8-20)21-12-14-22(31-2)15-13-21/h4-18,25-26H,3H2,1-2H3,(H,27,28)/b18-11+. The number of sulfonamides is 1. The number of amides is 1. The third-order valence-electron chi connectivity index (χ3n) is 4.82. The summed E-state index contributed by atoms with van der Waals surface area (Å²) < 4.78 is 31.8. The monoisotopic (exact) mass is 450 g/mol. The highest BCUT2D eigenvalue weighted by molar-refractivity contribution is 7.89. The zero-order chi connectivity index (χ0) is 23.0. The summed E-state index contributed by atoms with van der Waals surface area (Å²) in [5.41, 5.74) is 2.60. The molecular weight excluding hydrogens is 424 g/mol. The molecule has 0 fully saturated rings. The second kappa shape index (κ2) is 10.7. The third kappa shape index (κ3) is 6.06. The van der Waals surface area contributed by atoms with Crippen LogP contribution in [0.25, 0.3) is 6.08 Å². The maximum atomic E-state index is 12.7. The van der Waals surface area contributed by atoms with Gasteiger partial charge >= 0.3 is 0 Å². The van der Waals surface area contributed by atoms with Crippen molar-refractivity contribution in [2.24, 2.45) is 0 Å². The smallest absolute Gasteiger partial charge is 0.244 e.